The van der Waals surface area contributed by atoms with Gasteiger partial charge in [-0.25, -0.2) is 9.79 Å². The Morgan fingerprint density at radius 1 is 1.02 bits per heavy atom. The molecular formula is C33H31N3O6S. The molecule has 1 atom stereocenters. The Morgan fingerprint density at radius 3 is 2.44 bits per heavy atom. The third-order valence-corrected chi connectivity index (χ3v) is 8.02. The highest BCUT2D eigenvalue weighted by atomic mass is 32.1. The van der Waals surface area contributed by atoms with Crippen LogP contribution in [-0.2, 0) is 20.7 Å². The second-order valence-corrected chi connectivity index (χ2v) is 10.8. The van der Waals surface area contributed by atoms with E-state index < -0.39 is 12.0 Å². The first-order valence-corrected chi connectivity index (χ1v) is 14.5. The van der Waals surface area contributed by atoms with E-state index in [1.54, 1.807) is 31.2 Å². The van der Waals surface area contributed by atoms with Crippen LogP contribution in [0.25, 0.3) is 6.08 Å². The molecule has 3 aromatic carbocycles. The smallest absolute Gasteiger partial charge is 0.338 e. The van der Waals surface area contributed by atoms with Crippen LogP contribution in [0.5, 0.6) is 11.5 Å². The molecule has 4 aromatic rings. The van der Waals surface area contributed by atoms with Crippen LogP contribution >= 0.6 is 11.3 Å². The molecule has 0 saturated heterocycles. The molecule has 0 radical (unpaired) electrons. The van der Waals surface area contributed by atoms with Crippen LogP contribution in [0, 0.1) is 0 Å². The van der Waals surface area contributed by atoms with Gasteiger partial charge in [-0.15, -0.1) is 0 Å². The number of hydrogen-bond donors (Lipinski definition) is 1. The van der Waals surface area contributed by atoms with E-state index in [-0.39, 0.29) is 18.1 Å². The maximum atomic E-state index is 13.8. The third kappa shape index (κ3) is 6.29. The van der Waals surface area contributed by atoms with Crippen molar-refractivity contribution in [3.05, 3.63) is 120 Å². The van der Waals surface area contributed by atoms with Crippen molar-refractivity contribution in [1.82, 2.24) is 4.57 Å². The quantitative estimate of drug-likeness (QED) is 0.293. The van der Waals surface area contributed by atoms with E-state index in [4.69, 9.17) is 14.2 Å². The van der Waals surface area contributed by atoms with Crippen molar-refractivity contribution in [2.45, 2.75) is 26.3 Å². The lowest BCUT2D eigenvalue weighted by molar-refractivity contribution is -0.136. The number of anilines is 1. The maximum Gasteiger partial charge on any atom is 0.338 e. The Bertz CT molecular complexity index is 1870. The molecule has 1 N–H and O–H groups in total. The van der Waals surface area contributed by atoms with Crippen molar-refractivity contribution in [1.29, 1.82) is 0 Å². The van der Waals surface area contributed by atoms with Gasteiger partial charge in [0.15, 0.2) is 22.9 Å². The van der Waals surface area contributed by atoms with Crippen molar-refractivity contribution in [2.75, 3.05) is 26.1 Å². The minimum atomic E-state index is -0.673. The maximum absolute atomic E-state index is 13.8. The molecule has 1 aliphatic heterocycles. The summed E-state index contributed by atoms with van der Waals surface area (Å²) in [7, 11) is 2.82. The Kier molecular flexibility index (Phi) is 8.87. The number of ether oxygens (including phenoxy) is 3. The van der Waals surface area contributed by atoms with Gasteiger partial charge in [-0.1, -0.05) is 66.8 Å². The van der Waals surface area contributed by atoms with Gasteiger partial charge in [0.05, 0.1) is 36.1 Å². The molecule has 0 spiro atoms. The summed E-state index contributed by atoms with van der Waals surface area (Å²) in [6.45, 7) is 3.61. The number of nitrogens with zero attached hydrogens (tertiary/aromatic N) is 2. The number of rotatable bonds is 9. The number of benzene rings is 3. The summed E-state index contributed by atoms with van der Waals surface area (Å²) in [5, 5.41) is 2.82. The number of aryl methyl sites for hydroxylation is 1. The molecule has 0 fully saturated rings. The molecule has 5 rings (SSSR count). The summed E-state index contributed by atoms with van der Waals surface area (Å²) in [6, 6.07) is 21.5. The fraction of sp³-hybridized carbons (Fsp3) is 0.212. The highest BCUT2D eigenvalue weighted by Gasteiger charge is 2.32. The zero-order valence-corrected chi connectivity index (χ0v) is 25.1. The van der Waals surface area contributed by atoms with E-state index in [1.807, 2.05) is 54.6 Å². The number of methoxy groups -OCH3 is 2. The molecule has 1 amide bonds. The lowest BCUT2D eigenvalue weighted by atomic mass is 9.96. The molecule has 9 nitrogen and oxygen atoms in total. The zero-order chi connectivity index (χ0) is 30.5. The molecule has 0 bridgehead atoms. The normalized spacial score (nSPS) is 14.5. The minimum absolute atomic E-state index is 0.203. The van der Waals surface area contributed by atoms with Gasteiger partial charge < -0.3 is 19.5 Å². The van der Waals surface area contributed by atoms with E-state index >= 15 is 0 Å². The van der Waals surface area contributed by atoms with Crippen molar-refractivity contribution in [3.63, 3.8) is 0 Å². The van der Waals surface area contributed by atoms with E-state index in [0.717, 1.165) is 12.0 Å². The molecular weight excluding hydrogens is 566 g/mol. The Hall–Kier alpha value is -4.96. The SMILES string of the molecule is CCc1ccc(NC(=O)COc2ccc(C=c3sc4n(c3=O)C(c3ccccc3)C(C(=O)OC)=C(C)N=4)cc2OC)cc1. The van der Waals surface area contributed by atoms with Gasteiger partial charge in [0.1, 0.15) is 0 Å². The number of thiazole rings is 1. The number of carbonyl (C=O) groups is 2. The second-order valence-electron chi connectivity index (χ2n) is 9.78. The Labute approximate surface area is 252 Å². The Balaban J connectivity index is 1.42. The second kappa shape index (κ2) is 12.9. The van der Waals surface area contributed by atoms with Gasteiger partial charge in [0.2, 0.25) is 0 Å². The largest absolute Gasteiger partial charge is 0.493 e. The molecule has 220 valence electrons. The van der Waals surface area contributed by atoms with Gasteiger partial charge >= 0.3 is 5.97 Å². The lowest BCUT2D eigenvalue weighted by Gasteiger charge is -2.24. The van der Waals surface area contributed by atoms with Crippen LogP contribution < -0.4 is 29.7 Å². The number of fused-ring (bicyclic) bond motifs is 1. The molecule has 43 heavy (non-hydrogen) atoms. The summed E-state index contributed by atoms with van der Waals surface area (Å²) in [5.74, 6) is -0.0357. The number of aromatic nitrogens is 1. The summed E-state index contributed by atoms with van der Waals surface area (Å²) in [4.78, 5) is 44.1. The minimum Gasteiger partial charge on any atom is -0.493 e. The fourth-order valence-corrected chi connectivity index (χ4v) is 5.90. The summed E-state index contributed by atoms with van der Waals surface area (Å²) in [5.41, 5.74) is 3.87. The molecule has 2 heterocycles. The molecule has 1 unspecified atom stereocenters. The number of esters is 1. The number of amides is 1. The van der Waals surface area contributed by atoms with Crippen LogP contribution in [0.1, 0.15) is 36.6 Å². The van der Waals surface area contributed by atoms with E-state index in [1.165, 1.54) is 35.7 Å². The summed E-state index contributed by atoms with van der Waals surface area (Å²) in [6.07, 6.45) is 2.66. The Morgan fingerprint density at radius 2 is 1.77 bits per heavy atom. The highest BCUT2D eigenvalue weighted by molar-refractivity contribution is 7.07. The van der Waals surface area contributed by atoms with Crippen LogP contribution in [-0.4, -0.2) is 37.3 Å². The van der Waals surface area contributed by atoms with Crippen molar-refractivity contribution in [3.8, 4) is 11.5 Å². The van der Waals surface area contributed by atoms with Crippen molar-refractivity contribution >= 4 is 35.0 Å². The third-order valence-electron chi connectivity index (χ3n) is 7.03. The molecule has 1 aliphatic rings. The first kappa shape index (κ1) is 29.5. The standard InChI is InChI=1S/C33H31N3O6S/c1-5-21-11-14-24(15-12-21)35-28(37)19-42-25-16-13-22(17-26(25)40-3)18-27-31(38)36-30(23-9-7-6-8-10-23)29(32(39)41-4)20(2)34-33(36)43-27/h6-18,30H,5,19H2,1-4H3,(H,35,37). The van der Waals surface area contributed by atoms with Gasteiger partial charge in [-0.05, 0) is 60.4 Å². The van der Waals surface area contributed by atoms with Crippen molar-refractivity contribution in [2.24, 2.45) is 4.99 Å². The predicted octanol–water partition coefficient (Wildman–Crippen LogP) is 4.00. The highest BCUT2D eigenvalue weighted by Crippen LogP contribution is 2.31. The monoisotopic (exact) mass is 597 g/mol. The first-order chi connectivity index (χ1) is 20.8. The van der Waals surface area contributed by atoms with Gasteiger partial charge in [0.25, 0.3) is 11.5 Å². The van der Waals surface area contributed by atoms with Crippen LogP contribution in [0.15, 0.2) is 93.9 Å². The average molecular weight is 598 g/mol. The van der Waals surface area contributed by atoms with E-state index in [9.17, 15) is 14.4 Å². The van der Waals surface area contributed by atoms with Gasteiger partial charge in [-0.3, -0.25) is 14.2 Å². The van der Waals surface area contributed by atoms with Crippen LogP contribution in [0.3, 0.4) is 0 Å². The van der Waals surface area contributed by atoms with Gasteiger partial charge in [-0.2, -0.15) is 0 Å². The van der Waals surface area contributed by atoms with Gasteiger partial charge in [0, 0.05) is 5.69 Å². The molecule has 1 aromatic heterocycles. The van der Waals surface area contributed by atoms with Crippen LogP contribution in [0.4, 0.5) is 5.69 Å². The topological polar surface area (TPSA) is 108 Å². The molecule has 0 saturated carbocycles. The van der Waals surface area contributed by atoms with E-state index in [0.29, 0.717) is 43.4 Å². The number of hydrogen-bond acceptors (Lipinski definition) is 8. The predicted molar refractivity (Wildman–Crippen MR) is 165 cm³/mol. The number of carbonyl (C=O) groups excluding carboxylic acids is 2. The van der Waals surface area contributed by atoms with Crippen LogP contribution in [0.2, 0.25) is 0 Å². The number of nitrogens with one attached hydrogen (secondary N) is 1. The summed E-state index contributed by atoms with van der Waals surface area (Å²) < 4.78 is 18.3. The molecule has 0 aliphatic carbocycles. The van der Waals surface area contributed by atoms with E-state index in [2.05, 4.69) is 17.2 Å². The zero-order valence-electron chi connectivity index (χ0n) is 24.2. The van der Waals surface area contributed by atoms with Crippen molar-refractivity contribution < 1.29 is 23.8 Å². The number of allylic oxidation sites excluding steroid dienone is 1. The average Bonchev–Trinajstić information content (AvgIpc) is 3.33. The molecule has 10 heteroatoms. The fourth-order valence-electron chi connectivity index (χ4n) is 4.85. The summed E-state index contributed by atoms with van der Waals surface area (Å²) >= 11 is 1.23. The first-order valence-electron chi connectivity index (χ1n) is 13.7. The lowest BCUT2D eigenvalue weighted by Crippen LogP contribution is -2.39.